The highest BCUT2D eigenvalue weighted by molar-refractivity contribution is 7.89. The molecule has 7 rings (SSSR count). The Labute approximate surface area is 265 Å². The van der Waals surface area contributed by atoms with Crippen LogP contribution in [0.25, 0.3) is 22.0 Å². The lowest BCUT2D eigenvalue weighted by Gasteiger charge is -2.26. The van der Waals surface area contributed by atoms with E-state index in [0.29, 0.717) is 36.9 Å². The Morgan fingerprint density at radius 1 is 0.909 bits per heavy atom. The van der Waals surface area contributed by atoms with Gasteiger partial charge in [-0.1, -0.05) is 12.5 Å². The van der Waals surface area contributed by atoms with Gasteiger partial charge in [-0.15, -0.1) is 12.4 Å². The summed E-state index contributed by atoms with van der Waals surface area (Å²) in [5.41, 5.74) is 14.4. The fraction of sp³-hybridized carbons (Fsp3) is 0.394. The molecule has 0 spiro atoms. The number of nitrogens with two attached hydrogens (primary N) is 1. The summed E-state index contributed by atoms with van der Waals surface area (Å²) in [6, 6.07) is 17.8. The molecule has 2 aromatic heterocycles. The number of hydrogen-bond acceptors (Lipinski definition) is 8. The van der Waals surface area contributed by atoms with Crippen molar-refractivity contribution in [3.63, 3.8) is 0 Å². The van der Waals surface area contributed by atoms with Gasteiger partial charge < -0.3 is 21.3 Å². The van der Waals surface area contributed by atoms with E-state index < -0.39 is 10.0 Å². The lowest BCUT2D eigenvalue weighted by molar-refractivity contribution is 0.360. The van der Waals surface area contributed by atoms with Crippen LogP contribution in [0.1, 0.15) is 36.9 Å². The maximum Gasteiger partial charge on any atom is 0.243 e. The van der Waals surface area contributed by atoms with Crippen LogP contribution in [0, 0.1) is 0 Å². The van der Waals surface area contributed by atoms with Crippen molar-refractivity contribution in [1.29, 1.82) is 0 Å². The second-order valence-electron chi connectivity index (χ2n) is 11.9. The number of sulfonamides is 1. The first-order valence-electron chi connectivity index (χ1n) is 15.5. The van der Waals surface area contributed by atoms with Crippen molar-refractivity contribution in [2.75, 3.05) is 49.5 Å². The highest BCUT2D eigenvalue weighted by atomic mass is 35.5. The minimum absolute atomic E-state index is 0. The number of aromatic nitrogens is 2. The molecule has 2 saturated heterocycles. The fourth-order valence-electron chi connectivity index (χ4n) is 6.68. The van der Waals surface area contributed by atoms with Crippen LogP contribution in [0.15, 0.2) is 65.7 Å². The Morgan fingerprint density at radius 3 is 2.45 bits per heavy atom. The average Bonchev–Trinajstić information content (AvgIpc) is 3.32. The predicted octanol–water partition coefficient (Wildman–Crippen LogP) is 4.86. The molecule has 2 fully saturated rings. The van der Waals surface area contributed by atoms with Crippen LogP contribution in [0.3, 0.4) is 0 Å². The number of pyridine rings is 2. The Kier molecular flexibility index (Phi) is 9.07. The third-order valence-corrected chi connectivity index (χ3v) is 10.9. The van der Waals surface area contributed by atoms with E-state index in [1.165, 1.54) is 45.9 Å². The van der Waals surface area contributed by atoms with E-state index in [2.05, 4.69) is 38.7 Å². The zero-order valence-electron chi connectivity index (χ0n) is 24.8. The molecule has 0 saturated carbocycles. The summed E-state index contributed by atoms with van der Waals surface area (Å²) in [6.07, 6.45) is 8.59. The monoisotopic (exact) mass is 633 g/mol. The summed E-state index contributed by atoms with van der Waals surface area (Å²) < 4.78 is 27.6. The fourth-order valence-corrected chi connectivity index (χ4v) is 8.12. The van der Waals surface area contributed by atoms with E-state index in [1.807, 2.05) is 12.1 Å². The summed E-state index contributed by atoms with van der Waals surface area (Å²) in [7, 11) is -3.50. The van der Waals surface area contributed by atoms with E-state index in [-0.39, 0.29) is 18.4 Å². The van der Waals surface area contributed by atoms with Gasteiger partial charge in [0.2, 0.25) is 10.0 Å². The van der Waals surface area contributed by atoms with Crippen molar-refractivity contribution in [2.24, 2.45) is 5.73 Å². The van der Waals surface area contributed by atoms with Crippen molar-refractivity contribution in [3.05, 3.63) is 72.1 Å². The Hall–Kier alpha value is -3.28. The van der Waals surface area contributed by atoms with Crippen LogP contribution < -0.4 is 21.3 Å². The molecule has 3 aliphatic rings. The smallest absolute Gasteiger partial charge is 0.243 e. The van der Waals surface area contributed by atoms with Crippen LogP contribution in [-0.2, 0) is 22.9 Å². The van der Waals surface area contributed by atoms with Crippen LogP contribution in [0.5, 0.6) is 0 Å². The molecule has 9 nitrogen and oxygen atoms in total. The number of rotatable bonds is 6. The molecule has 232 valence electrons. The number of benzene rings is 2. The number of hydrogen-bond donors (Lipinski definition) is 3. The number of anilines is 3. The second-order valence-corrected chi connectivity index (χ2v) is 13.8. The molecule has 0 unspecified atom stereocenters. The lowest BCUT2D eigenvalue weighted by Crippen LogP contribution is -2.46. The molecule has 2 aliphatic heterocycles. The summed E-state index contributed by atoms with van der Waals surface area (Å²) in [6.45, 7) is 4.18. The first-order chi connectivity index (χ1) is 21.0. The van der Waals surface area contributed by atoms with Gasteiger partial charge in [0.15, 0.2) is 0 Å². The van der Waals surface area contributed by atoms with Gasteiger partial charge in [0, 0.05) is 68.3 Å². The third kappa shape index (κ3) is 6.14. The predicted molar refractivity (Wildman–Crippen MR) is 180 cm³/mol. The van der Waals surface area contributed by atoms with Crippen LogP contribution in [0.4, 0.5) is 17.2 Å². The highest BCUT2D eigenvalue weighted by Crippen LogP contribution is 2.39. The highest BCUT2D eigenvalue weighted by Gasteiger charge is 2.27. The molecule has 0 amide bonds. The second kappa shape index (κ2) is 13.0. The third-order valence-electron chi connectivity index (χ3n) is 8.96. The van der Waals surface area contributed by atoms with Crippen molar-refractivity contribution < 1.29 is 8.42 Å². The van der Waals surface area contributed by atoms with Gasteiger partial charge in [-0.05, 0) is 97.3 Å². The quantitative estimate of drug-likeness (QED) is 0.258. The Balaban J connectivity index is 0.00000343. The first kappa shape index (κ1) is 30.7. The van der Waals surface area contributed by atoms with Crippen LogP contribution in [-0.4, -0.2) is 68.0 Å². The summed E-state index contributed by atoms with van der Waals surface area (Å²) in [4.78, 5) is 12.5. The molecule has 4 heterocycles. The molecule has 44 heavy (non-hydrogen) atoms. The van der Waals surface area contributed by atoms with E-state index in [1.54, 1.807) is 30.5 Å². The summed E-state index contributed by atoms with van der Waals surface area (Å²) >= 11 is 0. The normalized spacial score (nSPS) is 19.3. The largest absolute Gasteiger partial charge is 0.369 e. The van der Waals surface area contributed by atoms with Crippen molar-refractivity contribution in [1.82, 2.24) is 19.6 Å². The number of nitrogens with one attached hydrogen (secondary N) is 2. The van der Waals surface area contributed by atoms with Gasteiger partial charge in [-0.25, -0.2) is 13.4 Å². The SMILES string of the molecule is Cl.N[C@H]1CCN(c2c3c(nc4ccc(-c5ccnc(Nc6ccc(S(=O)(=O)N7CCNCC7)cc6)c5)cc24)CCCCC3)C1. The van der Waals surface area contributed by atoms with Gasteiger partial charge in [0.05, 0.1) is 16.1 Å². The molecular weight excluding hydrogens is 594 g/mol. The number of nitrogens with zero attached hydrogens (tertiary/aromatic N) is 4. The summed E-state index contributed by atoms with van der Waals surface area (Å²) in [5.74, 6) is 0.695. The number of piperazine rings is 1. The zero-order chi connectivity index (χ0) is 29.4. The number of halogens is 1. The summed E-state index contributed by atoms with van der Waals surface area (Å²) in [5, 5.41) is 7.75. The standard InChI is InChI=1S/C33H39N7O2S.ClH/c34-25-13-17-39(22-25)33-28-4-2-1-3-5-30(28)38-31-11-6-23(20-29(31)33)24-12-14-36-32(21-24)37-26-7-9-27(10-8-26)43(41,42)40-18-15-35-16-19-40;/h6-12,14,20-21,25,35H,1-5,13,15-19,22,34H2,(H,36,37);1H/t25-;/m0./s1. The molecule has 4 N–H and O–H groups in total. The number of aryl methyl sites for hydroxylation is 1. The molecule has 1 aliphatic carbocycles. The lowest BCUT2D eigenvalue weighted by atomic mass is 9.97. The minimum atomic E-state index is -3.50. The van der Waals surface area contributed by atoms with Gasteiger partial charge in [0.25, 0.3) is 0 Å². The van der Waals surface area contributed by atoms with Crippen LogP contribution in [0.2, 0.25) is 0 Å². The van der Waals surface area contributed by atoms with E-state index in [0.717, 1.165) is 54.7 Å². The average molecular weight is 634 g/mol. The molecule has 2 aromatic carbocycles. The molecular formula is C33H40ClN7O2S. The van der Waals surface area contributed by atoms with Crippen molar-refractivity contribution in [2.45, 2.75) is 49.5 Å². The van der Waals surface area contributed by atoms with Gasteiger partial charge in [-0.3, -0.25) is 4.98 Å². The Bertz CT molecular complexity index is 1740. The maximum absolute atomic E-state index is 13.0. The minimum Gasteiger partial charge on any atom is -0.369 e. The van der Waals surface area contributed by atoms with Crippen molar-refractivity contribution in [3.8, 4) is 11.1 Å². The van der Waals surface area contributed by atoms with E-state index >= 15 is 0 Å². The molecule has 11 heteroatoms. The van der Waals surface area contributed by atoms with Gasteiger partial charge in [0.1, 0.15) is 5.82 Å². The first-order valence-corrected chi connectivity index (χ1v) is 16.9. The zero-order valence-corrected chi connectivity index (χ0v) is 26.5. The molecule has 0 bridgehead atoms. The van der Waals surface area contributed by atoms with Crippen LogP contribution >= 0.6 is 12.4 Å². The Morgan fingerprint density at radius 2 is 1.68 bits per heavy atom. The number of fused-ring (bicyclic) bond motifs is 2. The topological polar surface area (TPSA) is 116 Å². The van der Waals surface area contributed by atoms with Gasteiger partial charge in [-0.2, -0.15) is 4.31 Å². The van der Waals surface area contributed by atoms with E-state index in [4.69, 9.17) is 10.7 Å². The molecule has 1 atom stereocenters. The maximum atomic E-state index is 13.0. The van der Waals surface area contributed by atoms with Gasteiger partial charge >= 0.3 is 0 Å². The molecule has 0 radical (unpaired) electrons. The molecule has 4 aromatic rings. The van der Waals surface area contributed by atoms with E-state index in [9.17, 15) is 8.42 Å². The van der Waals surface area contributed by atoms with Crippen molar-refractivity contribution >= 4 is 50.5 Å².